The summed E-state index contributed by atoms with van der Waals surface area (Å²) in [4.78, 5) is 32.5. The van der Waals surface area contributed by atoms with Crippen LogP contribution in [0.2, 0.25) is 0 Å². The van der Waals surface area contributed by atoms with Crippen molar-refractivity contribution in [3.8, 4) is 5.75 Å². The van der Waals surface area contributed by atoms with Crippen molar-refractivity contribution in [1.82, 2.24) is 9.88 Å². The SMILES string of the molecule is Cc1cc(COc2ccc(NC(=O)[C@@H]3[C@@H](C(=O)O)CC4(CC4)CN3CC(C)(C)C)cc2)c2ccccc2n1. The highest BCUT2D eigenvalue weighted by Gasteiger charge is 2.55. The molecule has 2 heterocycles. The number of benzene rings is 2. The van der Waals surface area contributed by atoms with Crippen molar-refractivity contribution in [1.29, 1.82) is 0 Å². The molecule has 2 atom stereocenters. The quantitative estimate of drug-likeness (QED) is 0.422. The number of aliphatic carboxylic acids is 1. The van der Waals surface area contributed by atoms with E-state index < -0.39 is 17.9 Å². The Bertz CT molecular complexity index is 1340. The summed E-state index contributed by atoms with van der Waals surface area (Å²) < 4.78 is 6.06. The van der Waals surface area contributed by atoms with E-state index in [-0.39, 0.29) is 16.7 Å². The molecule has 0 unspecified atom stereocenters. The van der Waals surface area contributed by atoms with E-state index in [0.717, 1.165) is 41.5 Å². The van der Waals surface area contributed by atoms with Crippen LogP contribution in [-0.4, -0.2) is 46.0 Å². The van der Waals surface area contributed by atoms with E-state index in [1.54, 1.807) is 12.1 Å². The van der Waals surface area contributed by atoms with Crippen LogP contribution in [0.5, 0.6) is 5.75 Å². The van der Waals surface area contributed by atoms with Gasteiger partial charge in [-0.1, -0.05) is 39.0 Å². The fourth-order valence-electron chi connectivity index (χ4n) is 5.83. The highest BCUT2D eigenvalue weighted by atomic mass is 16.5. The number of nitrogens with zero attached hydrogens (tertiary/aromatic N) is 2. The largest absolute Gasteiger partial charge is 0.489 e. The molecule has 1 spiro atoms. The number of piperidine rings is 1. The zero-order valence-electron chi connectivity index (χ0n) is 22.7. The molecule has 3 aromatic rings. The minimum Gasteiger partial charge on any atom is -0.489 e. The molecule has 5 rings (SSSR count). The summed E-state index contributed by atoms with van der Waals surface area (Å²) in [6.07, 6.45) is 2.65. The summed E-state index contributed by atoms with van der Waals surface area (Å²) in [5.41, 5.74) is 3.58. The fourth-order valence-corrected chi connectivity index (χ4v) is 5.83. The molecule has 0 radical (unpaired) electrons. The summed E-state index contributed by atoms with van der Waals surface area (Å²) in [6.45, 7) is 10.2. The standard InChI is InChI=1S/C31H37N3O4/c1-20-15-21(24-7-5-6-8-26(24)32-20)17-38-23-11-9-22(10-12-23)33-28(35)27-25(29(36)37)16-31(13-14-31)19-34(27)18-30(2,3)4/h5-12,15,25,27H,13-14,16-19H2,1-4H3,(H,33,35)(H,36,37)/t25-,27-/m0/s1. The Hall–Kier alpha value is -3.45. The van der Waals surface area contributed by atoms with Gasteiger partial charge in [0.1, 0.15) is 18.4 Å². The second-order valence-corrected chi connectivity index (χ2v) is 12.3. The zero-order chi connectivity index (χ0) is 27.1. The third-order valence-electron chi connectivity index (χ3n) is 7.63. The third-order valence-corrected chi connectivity index (χ3v) is 7.63. The molecule has 2 aromatic carbocycles. The van der Waals surface area contributed by atoms with E-state index in [0.29, 0.717) is 31.0 Å². The van der Waals surface area contributed by atoms with E-state index in [9.17, 15) is 14.7 Å². The number of aryl methyl sites for hydroxylation is 1. The second-order valence-electron chi connectivity index (χ2n) is 12.3. The molecule has 200 valence electrons. The van der Waals surface area contributed by atoms with Gasteiger partial charge in [-0.3, -0.25) is 19.5 Å². The van der Waals surface area contributed by atoms with Gasteiger partial charge in [0.2, 0.25) is 5.91 Å². The number of aromatic nitrogens is 1. The third kappa shape index (κ3) is 5.83. The molecule has 1 aromatic heterocycles. The Kier molecular flexibility index (Phi) is 6.90. The number of amides is 1. The number of anilines is 1. The number of pyridine rings is 1. The molecule has 7 nitrogen and oxygen atoms in total. The van der Waals surface area contributed by atoms with Crippen molar-refractivity contribution in [3.63, 3.8) is 0 Å². The molecular weight excluding hydrogens is 478 g/mol. The van der Waals surface area contributed by atoms with Crippen molar-refractivity contribution in [2.75, 3.05) is 18.4 Å². The Balaban J connectivity index is 1.28. The van der Waals surface area contributed by atoms with Crippen LogP contribution < -0.4 is 10.1 Å². The number of nitrogens with one attached hydrogen (secondary N) is 1. The predicted octanol–water partition coefficient (Wildman–Crippen LogP) is 5.66. The van der Waals surface area contributed by atoms with Gasteiger partial charge in [-0.2, -0.15) is 0 Å². The molecule has 38 heavy (non-hydrogen) atoms. The molecule has 7 heteroatoms. The number of fused-ring (bicyclic) bond motifs is 1. The molecule has 1 aliphatic carbocycles. The molecule has 1 amide bonds. The van der Waals surface area contributed by atoms with Crippen LogP contribution in [0.15, 0.2) is 54.6 Å². The van der Waals surface area contributed by atoms with Crippen molar-refractivity contribution < 1.29 is 19.4 Å². The van der Waals surface area contributed by atoms with Crippen molar-refractivity contribution in [3.05, 3.63) is 65.9 Å². The average molecular weight is 516 g/mol. The van der Waals surface area contributed by atoms with Gasteiger partial charge in [0.25, 0.3) is 0 Å². The minimum atomic E-state index is -0.891. The van der Waals surface area contributed by atoms with Crippen molar-refractivity contribution >= 4 is 28.5 Å². The Labute approximate surface area is 224 Å². The molecule has 2 aliphatic rings. The molecular formula is C31H37N3O4. The summed E-state index contributed by atoms with van der Waals surface area (Å²) in [5, 5.41) is 14.1. The second kappa shape index (κ2) is 10.0. The van der Waals surface area contributed by atoms with E-state index in [1.165, 1.54) is 0 Å². The van der Waals surface area contributed by atoms with Crippen LogP contribution in [0, 0.1) is 23.7 Å². The lowest BCUT2D eigenvalue weighted by Crippen LogP contribution is -2.58. The van der Waals surface area contributed by atoms with Crippen LogP contribution in [0.1, 0.15) is 51.3 Å². The Morgan fingerprint density at radius 3 is 2.50 bits per heavy atom. The molecule has 2 fully saturated rings. The summed E-state index contributed by atoms with van der Waals surface area (Å²) in [6, 6.07) is 16.6. The maximum atomic E-state index is 13.5. The van der Waals surface area contributed by atoms with Gasteiger partial charge < -0.3 is 15.2 Å². The van der Waals surface area contributed by atoms with Crippen LogP contribution >= 0.6 is 0 Å². The van der Waals surface area contributed by atoms with Gasteiger partial charge in [-0.05, 0) is 73.4 Å². The number of ether oxygens (including phenoxy) is 1. The lowest BCUT2D eigenvalue weighted by Gasteiger charge is -2.45. The van der Waals surface area contributed by atoms with Crippen LogP contribution in [0.3, 0.4) is 0 Å². The van der Waals surface area contributed by atoms with Gasteiger partial charge in [0.15, 0.2) is 0 Å². The number of hydrogen-bond donors (Lipinski definition) is 2. The number of hydrogen-bond acceptors (Lipinski definition) is 5. The van der Waals surface area contributed by atoms with Gasteiger partial charge in [0.05, 0.1) is 11.4 Å². The van der Waals surface area contributed by atoms with Crippen LogP contribution in [0.25, 0.3) is 10.9 Å². The summed E-state index contributed by atoms with van der Waals surface area (Å²) in [5.74, 6) is -1.18. The van der Waals surface area contributed by atoms with E-state index >= 15 is 0 Å². The smallest absolute Gasteiger partial charge is 0.308 e. The lowest BCUT2D eigenvalue weighted by molar-refractivity contribution is -0.152. The highest BCUT2D eigenvalue weighted by Crippen LogP contribution is 2.55. The normalized spacial score (nSPS) is 20.8. The number of carbonyl (C=O) groups excluding carboxylic acids is 1. The molecule has 0 bridgehead atoms. The van der Waals surface area contributed by atoms with Gasteiger partial charge in [-0.25, -0.2) is 0 Å². The first-order chi connectivity index (χ1) is 18.0. The maximum Gasteiger partial charge on any atom is 0.308 e. The minimum absolute atomic E-state index is 0.0489. The monoisotopic (exact) mass is 515 g/mol. The maximum absolute atomic E-state index is 13.5. The number of carbonyl (C=O) groups is 2. The first-order valence-corrected chi connectivity index (χ1v) is 13.4. The molecule has 1 aliphatic heterocycles. The van der Waals surface area contributed by atoms with Crippen LogP contribution in [0.4, 0.5) is 5.69 Å². The van der Waals surface area contributed by atoms with Gasteiger partial charge in [-0.15, -0.1) is 0 Å². The number of rotatable bonds is 7. The molecule has 1 saturated carbocycles. The molecule has 2 N–H and O–H groups in total. The highest BCUT2D eigenvalue weighted by molar-refractivity contribution is 5.97. The number of likely N-dealkylation sites (tertiary alicyclic amines) is 1. The average Bonchev–Trinajstić information content (AvgIpc) is 3.59. The number of carboxylic acid groups (broad SMARTS) is 1. The topological polar surface area (TPSA) is 91.8 Å². The first-order valence-electron chi connectivity index (χ1n) is 13.4. The van der Waals surface area contributed by atoms with E-state index in [4.69, 9.17) is 4.74 Å². The van der Waals surface area contributed by atoms with E-state index in [1.807, 2.05) is 49.4 Å². The lowest BCUT2D eigenvalue weighted by atomic mass is 9.79. The zero-order valence-corrected chi connectivity index (χ0v) is 22.7. The summed E-state index contributed by atoms with van der Waals surface area (Å²) >= 11 is 0. The fraction of sp³-hybridized carbons (Fsp3) is 0.452. The first kappa shape index (κ1) is 26.2. The number of carboxylic acids is 1. The molecule has 1 saturated heterocycles. The van der Waals surface area contributed by atoms with Crippen molar-refractivity contribution in [2.24, 2.45) is 16.7 Å². The Morgan fingerprint density at radius 1 is 1.13 bits per heavy atom. The van der Waals surface area contributed by atoms with E-state index in [2.05, 4.69) is 36.0 Å². The predicted molar refractivity (Wildman–Crippen MR) is 148 cm³/mol. The van der Waals surface area contributed by atoms with Gasteiger partial charge in [0, 0.05) is 35.4 Å². The Morgan fingerprint density at radius 2 is 1.84 bits per heavy atom. The summed E-state index contributed by atoms with van der Waals surface area (Å²) in [7, 11) is 0. The van der Waals surface area contributed by atoms with Gasteiger partial charge >= 0.3 is 5.97 Å². The number of para-hydroxylation sites is 1. The van der Waals surface area contributed by atoms with Crippen molar-refractivity contribution in [2.45, 2.75) is 59.6 Å². The van der Waals surface area contributed by atoms with Crippen LogP contribution in [-0.2, 0) is 16.2 Å².